The number of aromatic nitrogens is 1. The molecule has 1 aliphatic heterocycles. The summed E-state index contributed by atoms with van der Waals surface area (Å²) in [6.45, 7) is 1.30. The van der Waals surface area contributed by atoms with Crippen LogP contribution in [-0.2, 0) is 13.0 Å². The van der Waals surface area contributed by atoms with Gasteiger partial charge in [0.15, 0.2) is 0 Å². The molecule has 24 heavy (non-hydrogen) atoms. The number of furan rings is 1. The van der Waals surface area contributed by atoms with Gasteiger partial charge in [-0.1, -0.05) is 11.6 Å². The molecule has 0 radical (unpaired) electrons. The summed E-state index contributed by atoms with van der Waals surface area (Å²) in [6, 6.07) is 9.61. The predicted molar refractivity (Wildman–Crippen MR) is 93.5 cm³/mol. The molecule has 3 heterocycles. The number of likely N-dealkylation sites (N-methyl/N-ethyl adjacent to an activating group) is 1. The maximum atomic E-state index is 12.1. The van der Waals surface area contributed by atoms with Crippen molar-refractivity contribution < 1.29 is 9.21 Å². The van der Waals surface area contributed by atoms with E-state index in [0.29, 0.717) is 17.3 Å². The highest BCUT2D eigenvalue weighted by molar-refractivity contribution is 6.31. The van der Waals surface area contributed by atoms with E-state index in [1.807, 2.05) is 37.4 Å². The van der Waals surface area contributed by atoms with Gasteiger partial charge in [-0.2, -0.15) is 0 Å². The molecule has 2 aromatic heterocycles. The second-order valence-corrected chi connectivity index (χ2v) is 6.40. The molecule has 4 rings (SSSR count). The van der Waals surface area contributed by atoms with Crippen LogP contribution in [0.15, 0.2) is 40.9 Å². The second-order valence-electron chi connectivity index (χ2n) is 5.96. The first kappa shape index (κ1) is 15.0. The van der Waals surface area contributed by atoms with Crippen LogP contribution in [0.4, 0.5) is 5.69 Å². The van der Waals surface area contributed by atoms with Crippen molar-refractivity contribution in [2.24, 2.45) is 0 Å². The van der Waals surface area contributed by atoms with Crippen molar-refractivity contribution in [1.29, 1.82) is 0 Å². The summed E-state index contributed by atoms with van der Waals surface area (Å²) in [7, 11) is 1.83. The Bertz CT molecular complexity index is 935. The van der Waals surface area contributed by atoms with Crippen molar-refractivity contribution in [2.75, 3.05) is 18.9 Å². The second kappa shape index (κ2) is 5.83. The van der Waals surface area contributed by atoms with Crippen LogP contribution in [0.1, 0.15) is 21.7 Å². The number of hydrogen-bond donors (Lipinski definition) is 1. The van der Waals surface area contributed by atoms with Gasteiger partial charge in [0.05, 0.1) is 11.6 Å². The zero-order chi connectivity index (χ0) is 16.7. The minimum absolute atomic E-state index is 0.0861. The number of nitrogens with one attached hydrogen (secondary N) is 1. The summed E-state index contributed by atoms with van der Waals surface area (Å²) >= 11 is 5.94. The van der Waals surface area contributed by atoms with Crippen LogP contribution >= 0.6 is 11.6 Å². The Labute approximate surface area is 144 Å². The molecule has 0 saturated carbocycles. The first-order valence-electron chi connectivity index (χ1n) is 7.76. The Morgan fingerprint density at radius 1 is 1.33 bits per heavy atom. The van der Waals surface area contributed by atoms with Crippen LogP contribution < -0.4 is 5.32 Å². The lowest BCUT2D eigenvalue weighted by Gasteiger charge is -2.25. The molecule has 5 nitrogen and oxygen atoms in total. The van der Waals surface area contributed by atoms with E-state index >= 15 is 0 Å². The van der Waals surface area contributed by atoms with E-state index in [1.54, 1.807) is 11.1 Å². The number of pyridine rings is 1. The highest BCUT2D eigenvalue weighted by Crippen LogP contribution is 2.24. The minimum atomic E-state index is 0.0861. The molecule has 0 unspecified atom stereocenters. The number of amides is 1. The van der Waals surface area contributed by atoms with Crippen LogP contribution in [-0.4, -0.2) is 29.4 Å². The molecule has 1 N–H and O–H groups in total. The number of carbonyl (C=O) groups is 1. The third kappa shape index (κ3) is 2.71. The van der Waals surface area contributed by atoms with Gasteiger partial charge < -0.3 is 14.6 Å². The Balaban J connectivity index is 1.52. The SMILES string of the molecule is CN1CCc2cc(NCc3cc4cc(Cl)cnc4o3)ccc2C1=O. The summed E-state index contributed by atoms with van der Waals surface area (Å²) in [4.78, 5) is 18.0. The molecule has 6 heteroatoms. The third-order valence-electron chi connectivity index (χ3n) is 4.26. The van der Waals surface area contributed by atoms with Crippen molar-refractivity contribution in [3.8, 4) is 0 Å². The predicted octanol–water partition coefficient (Wildman–Crippen LogP) is 3.72. The molecule has 0 fully saturated rings. The molecule has 0 saturated heterocycles. The normalized spacial score (nSPS) is 14.1. The van der Waals surface area contributed by atoms with E-state index in [9.17, 15) is 4.79 Å². The number of fused-ring (bicyclic) bond motifs is 2. The molecular weight excluding hydrogens is 326 g/mol. The number of benzene rings is 1. The van der Waals surface area contributed by atoms with Gasteiger partial charge in [0.1, 0.15) is 5.76 Å². The van der Waals surface area contributed by atoms with E-state index < -0.39 is 0 Å². The van der Waals surface area contributed by atoms with Crippen molar-refractivity contribution in [2.45, 2.75) is 13.0 Å². The highest BCUT2D eigenvalue weighted by Gasteiger charge is 2.21. The van der Waals surface area contributed by atoms with Gasteiger partial charge in [-0.15, -0.1) is 0 Å². The van der Waals surface area contributed by atoms with Gasteiger partial charge in [0, 0.05) is 36.4 Å². The fourth-order valence-corrected chi connectivity index (χ4v) is 3.12. The Morgan fingerprint density at radius 3 is 3.08 bits per heavy atom. The number of nitrogens with zero attached hydrogens (tertiary/aromatic N) is 2. The quantitative estimate of drug-likeness (QED) is 0.788. The maximum absolute atomic E-state index is 12.1. The number of anilines is 1. The van der Waals surface area contributed by atoms with Gasteiger partial charge in [-0.25, -0.2) is 4.98 Å². The van der Waals surface area contributed by atoms with Crippen LogP contribution in [0.2, 0.25) is 5.02 Å². The van der Waals surface area contributed by atoms with Crippen LogP contribution in [0.25, 0.3) is 11.1 Å². The summed E-state index contributed by atoms with van der Waals surface area (Å²) in [5.41, 5.74) is 3.42. The van der Waals surface area contributed by atoms with E-state index in [-0.39, 0.29) is 5.91 Å². The summed E-state index contributed by atoms with van der Waals surface area (Å²) in [5.74, 6) is 0.872. The van der Waals surface area contributed by atoms with Crippen molar-refractivity contribution in [3.05, 3.63) is 58.4 Å². The van der Waals surface area contributed by atoms with Crippen LogP contribution in [0.3, 0.4) is 0 Å². The molecule has 0 aliphatic carbocycles. The van der Waals surface area contributed by atoms with Crippen molar-refractivity contribution in [3.63, 3.8) is 0 Å². The zero-order valence-electron chi connectivity index (χ0n) is 13.2. The number of halogens is 1. The highest BCUT2D eigenvalue weighted by atomic mass is 35.5. The smallest absolute Gasteiger partial charge is 0.253 e. The summed E-state index contributed by atoms with van der Waals surface area (Å²) in [6.07, 6.45) is 2.45. The molecule has 1 aromatic carbocycles. The molecule has 0 spiro atoms. The molecule has 122 valence electrons. The minimum Gasteiger partial charge on any atom is -0.441 e. The fraction of sp³-hybridized carbons (Fsp3) is 0.222. The summed E-state index contributed by atoms with van der Waals surface area (Å²) < 4.78 is 5.70. The monoisotopic (exact) mass is 341 g/mol. The lowest BCUT2D eigenvalue weighted by atomic mass is 9.98. The maximum Gasteiger partial charge on any atom is 0.253 e. The fourth-order valence-electron chi connectivity index (χ4n) is 2.95. The van der Waals surface area contributed by atoms with Gasteiger partial charge in [-0.3, -0.25) is 4.79 Å². The topological polar surface area (TPSA) is 58.4 Å². The lowest BCUT2D eigenvalue weighted by Crippen LogP contribution is -2.34. The summed E-state index contributed by atoms with van der Waals surface area (Å²) in [5, 5.41) is 4.81. The average Bonchev–Trinajstić information content (AvgIpc) is 2.98. The average molecular weight is 342 g/mol. The van der Waals surface area contributed by atoms with E-state index in [1.165, 1.54) is 0 Å². The molecule has 1 aliphatic rings. The van der Waals surface area contributed by atoms with Crippen molar-refractivity contribution in [1.82, 2.24) is 9.88 Å². The first-order chi connectivity index (χ1) is 11.6. The zero-order valence-corrected chi connectivity index (χ0v) is 13.9. The third-order valence-corrected chi connectivity index (χ3v) is 4.46. The van der Waals surface area contributed by atoms with E-state index in [0.717, 1.165) is 40.9 Å². The first-order valence-corrected chi connectivity index (χ1v) is 8.14. The van der Waals surface area contributed by atoms with Gasteiger partial charge in [0.2, 0.25) is 5.71 Å². The Morgan fingerprint density at radius 2 is 2.21 bits per heavy atom. The van der Waals surface area contributed by atoms with Crippen molar-refractivity contribution >= 4 is 34.3 Å². The van der Waals surface area contributed by atoms with Crippen LogP contribution in [0.5, 0.6) is 0 Å². The standard InChI is InChI=1S/C18H16ClN3O2/c1-22-5-4-11-7-14(2-3-16(11)18(22)23)20-10-15-8-12-6-13(19)9-21-17(12)24-15/h2-3,6-9,20H,4-5,10H2,1H3. The molecule has 1 amide bonds. The molecule has 3 aromatic rings. The largest absolute Gasteiger partial charge is 0.441 e. The van der Waals surface area contributed by atoms with E-state index in [2.05, 4.69) is 10.3 Å². The van der Waals surface area contributed by atoms with Crippen LogP contribution in [0, 0.1) is 0 Å². The molecule has 0 bridgehead atoms. The molecule has 0 atom stereocenters. The Kier molecular flexibility index (Phi) is 3.65. The van der Waals surface area contributed by atoms with Gasteiger partial charge in [0.25, 0.3) is 5.91 Å². The lowest BCUT2D eigenvalue weighted by molar-refractivity contribution is 0.0781. The molecular formula is C18H16ClN3O2. The number of rotatable bonds is 3. The van der Waals surface area contributed by atoms with Gasteiger partial charge >= 0.3 is 0 Å². The number of carbonyl (C=O) groups excluding carboxylic acids is 1. The Hall–Kier alpha value is -2.53. The van der Waals surface area contributed by atoms with Gasteiger partial charge in [-0.05, 0) is 42.3 Å². The number of hydrogen-bond acceptors (Lipinski definition) is 4. The van der Waals surface area contributed by atoms with E-state index in [4.69, 9.17) is 16.0 Å².